The van der Waals surface area contributed by atoms with E-state index in [0.29, 0.717) is 22.3 Å². The van der Waals surface area contributed by atoms with Crippen molar-refractivity contribution >= 4 is 43.5 Å². The monoisotopic (exact) mass is 576 g/mol. The van der Waals surface area contributed by atoms with Crippen LogP contribution in [0.25, 0.3) is 88.0 Å². The van der Waals surface area contributed by atoms with Gasteiger partial charge in [0, 0.05) is 10.8 Å². The molecular formula is C44H28O. The fourth-order valence-electron chi connectivity index (χ4n) is 6.73. The molecule has 45 heavy (non-hydrogen) atoms. The molecule has 0 amide bonds. The number of rotatable bonds is 4. The Morgan fingerprint density at radius 3 is 1.51 bits per heavy atom. The second-order valence-electron chi connectivity index (χ2n) is 11.3. The Hall–Kier alpha value is -5.92. The summed E-state index contributed by atoms with van der Waals surface area (Å²) in [5.74, 6) is 0. The van der Waals surface area contributed by atoms with Crippen LogP contribution < -0.4 is 0 Å². The third-order valence-electron chi connectivity index (χ3n) is 8.74. The smallest absolute Gasteiger partial charge is 0.136 e. The summed E-state index contributed by atoms with van der Waals surface area (Å²) in [4.78, 5) is 0. The third kappa shape index (κ3) is 4.17. The molecule has 0 aliphatic rings. The summed E-state index contributed by atoms with van der Waals surface area (Å²) in [6, 6.07) is 47.9. The van der Waals surface area contributed by atoms with E-state index >= 15 is 0 Å². The normalized spacial score (nSPS) is 12.8. The zero-order valence-electron chi connectivity index (χ0n) is 28.3. The lowest BCUT2D eigenvalue weighted by Crippen LogP contribution is -1.90. The molecule has 0 aliphatic carbocycles. The topological polar surface area (TPSA) is 13.1 Å². The first-order valence-corrected chi connectivity index (χ1v) is 15.1. The fourth-order valence-corrected chi connectivity index (χ4v) is 6.73. The Morgan fingerprint density at radius 1 is 0.356 bits per heavy atom. The molecule has 9 rings (SSSR count). The summed E-state index contributed by atoms with van der Waals surface area (Å²) < 4.78 is 43.7. The van der Waals surface area contributed by atoms with Crippen molar-refractivity contribution in [2.45, 2.75) is 0 Å². The molecule has 210 valence electrons. The highest BCUT2D eigenvalue weighted by atomic mass is 16.3. The van der Waals surface area contributed by atoms with Gasteiger partial charge < -0.3 is 4.42 Å². The van der Waals surface area contributed by atoms with Crippen LogP contribution in [0.4, 0.5) is 0 Å². The first kappa shape index (κ1) is 21.7. The van der Waals surface area contributed by atoms with Crippen LogP contribution in [0.2, 0.25) is 0 Å². The van der Waals surface area contributed by atoms with Crippen molar-refractivity contribution in [3.8, 4) is 44.5 Å². The molecular weight excluding hydrogens is 544 g/mol. The Labute approximate surface area is 267 Å². The number of furan rings is 1. The molecule has 0 N–H and O–H groups in total. The van der Waals surface area contributed by atoms with Crippen molar-refractivity contribution in [1.82, 2.24) is 0 Å². The van der Waals surface area contributed by atoms with Gasteiger partial charge in [0.05, 0.1) is 5.48 Å². The van der Waals surface area contributed by atoms with E-state index in [-0.39, 0.29) is 29.7 Å². The lowest BCUT2D eigenvalue weighted by molar-refractivity contribution is 0.669. The van der Waals surface area contributed by atoms with Crippen LogP contribution in [0.5, 0.6) is 0 Å². The van der Waals surface area contributed by atoms with Crippen LogP contribution in [0.3, 0.4) is 0 Å². The maximum Gasteiger partial charge on any atom is 0.136 e. The Kier molecular flexibility index (Phi) is 5.00. The molecule has 1 heteroatoms. The van der Waals surface area contributed by atoms with E-state index in [0.717, 1.165) is 60.2 Å². The molecule has 1 nitrogen and oxygen atoms in total. The van der Waals surface area contributed by atoms with Gasteiger partial charge in [-0.3, -0.25) is 0 Å². The molecule has 0 unspecified atom stereocenters. The van der Waals surface area contributed by atoms with Crippen LogP contribution in [-0.4, -0.2) is 0 Å². The van der Waals surface area contributed by atoms with Gasteiger partial charge in [0.25, 0.3) is 0 Å². The Morgan fingerprint density at radius 2 is 0.889 bits per heavy atom. The predicted octanol–water partition coefficient (Wildman–Crippen LogP) is 12.6. The molecule has 1 aromatic heterocycles. The molecule has 1 heterocycles. The Balaban J connectivity index is 1.27. The first-order valence-electron chi connectivity index (χ1n) is 17.1. The standard InChI is InChI=1S/C44H28O/c1-3-12-30(13-4-1)34-20-11-21-40-44(34)39-27-26-33(28-41(39)45-40)29-22-24-32(25-23-29)43-37-18-9-7-16-35(37)42(31-14-5-2-6-15-31)36-17-8-10-19-38(36)43/h1-28H/i22D,23D,24D,25D. The van der Waals surface area contributed by atoms with E-state index in [1.54, 1.807) is 0 Å². The molecule has 0 radical (unpaired) electrons. The van der Waals surface area contributed by atoms with Crippen LogP contribution in [0.15, 0.2) is 174 Å². The highest BCUT2D eigenvalue weighted by molar-refractivity contribution is 6.21. The van der Waals surface area contributed by atoms with Gasteiger partial charge in [-0.1, -0.05) is 152 Å². The molecule has 0 saturated carbocycles. The minimum absolute atomic E-state index is 0.0742. The highest BCUT2D eigenvalue weighted by Crippen LogP contribution is 2.44. The maximum atomic E-state index is 9.39. The van der Waals surface area contributed by atoms with Crippen LogP contribution >= 0.6 is 0 Å². The van der Waals surface area contributed by atoms with Crippen LogP contribution in [0.1, 0.15) is 5.48 Å². The van der Waals surface area contributed by atoms with Gasteiger partial charge in [-0.25, -0.2) is 0 Å². The average Bonchev–Trinajstić information content (AvgIpc) is 3.53. The SMILES string of the molecule is [2H]c1c([2H])c(-c2c3ccccc3c(-c3ccccc3)c3ccccc23)c([2H])c([2H])c1-c1ccc2c(c1)oc1cccc(-c3ccccc3)c12. The second kappa shape index (κ2) is 10.4. The Bertz CT molecular complexity index is 2660. The quantitative estimate of drug-likeness (QED) is 0.190. The average molecular weight is 577 g/mol. The molecule has 0 fully saturated rings. The third-order valence-corrected chi connectivity index (χ3v) is 8.74. The van der Waals surface area contributed by atoms with Crippen LogP contribution in [-0.2, 0) is 0 Å². The van der Waals surface area contributed by atoms with E-state index in [2.05, 4.69) is 42.5 Å². The lowest BCUT2D eigenvalue weighted by Gasteiger charge is -2.18. The lowest BCUT2D eigenvalue weighted by atomic mass is 9.86. The number of hydrogen-bond donors (Lipinski definition) is 0. The summed E-state index contributed by atoms with van der Waals surface area (Å²) in [6.07, 6.45) is 0. The van der Waals surface area contributed by atoms with Crippen molar-refractivity contribution in [3.63, 3.8) is 0 Å². The zero-order chi connectivity index (χ0) is 33.2. The van der Waals surface area contributed by atoms with E-state index in [4.69, 9.17) is 4.42 Å². The molecule has 9 aromatic rings. The van der Waals surface area contributed by atoms with Crippen molar-refractivity contribution in [3.05, 3.63) is 170 Å². The summed E-state index contributed by atoms with van der Waals surface area (Å²) in [5, 5.41) is 5.68. The molecule has 0 saturated heterocycles. The zero-order valence-corrected chi connectivity index (χ0v) is 24.3. The van der Waals surface area contributed by atoms with Gasteiger partial charge in [-0.2, -0.15) is 0 Å². The van der Waals surface area contributed by atoms with E-state index < -0.39 is 0 Å². The van der Waals surface area contributed by atoms with Crippen molar-refractivity contribution < 1.29 is 9.90 Å². The van der Waals surface area contributed by atoms with Crippen molar-refractivity contribution in [1.29, 1.82) is 0 Å². The van der Waals surface area contributed by atoms with Gasteiger partial charge >= 0.3 is 0 Å². The molecule has 0 atom stereocenters. The molecule has 0 aliphatic heterocycles. The first-order chi connectivity index (χ1) is 24.0. The van der Waals surface area contributed by atoms with E-state index in [9.17, 15) is 5.48 Å². The van der Waals surface area contributed by atoms with Crippen LogP contribution in [0, 0.1) is 0 Å². The summed E-state index contributed by atoms with van der Waals surface area (Å²) in [5.41, 5.74) is 7.52. The summed E-state index contributed by atoms with van der Waals surface area (Å²) in [7, 11) is 0. The number of hydrogen-bond acceptors (Lipinski definition) is 1. The van der Waals surface area contributed by atoms with E-state index in [1.807, 2.05) is 103 Å². The molecule has 0 bridgehead atoms. The summed E-state index contributed by atoms with van der Waals surface area (Å²) in [6.45, 7) is 0. The van der Waals surface area contributed by atoms with Gasteiger partial charge in [0.2, 0.25) is 0 Å². The largest absolute Gasteiger partial charge is 0.456 e. The second-order valence-corrected chi connectivity index (χ2v) is 11.3. The number of fused-ring (bicyclic) bond motifs is 5. The highest BCUT2D eigenvalue weighted by Gasteiger charge is 2.17. The predicted molar refractivity (Wildman–Crippen MR) is 190 cm³/mol. The minimum atomic E-state index is -0.0864. The van der Waals surface area contributed by atoms with Crippen molar-refractivity contribution in [2.75, 3.05) is 0 Å². The van der Waals surface area contributed by atoms with Gasteiger partial charge in [0.1, 0.15) is 11.2 Å². The van der Waals surface area contributed by atoms with E-state index in [1.165, 1.54) is 0 Å². The summed E-state index contributed by atoms with van der Waals surface area (Å²) >= 11 is 0. The van der Waals surface area contributed by atoms with Crippen molar-refractivity contribution in [2.24, 2.45) is 0 Å². The molecule has 8 aromatic carbocycles. The minimum Gasteiger partial charge on any atom is -0.456 e. The van der Waals surface area contributed by atoms with Gasteiger partial charge in [0.15, 0.2) is 0 Å². The van der Waals surface area contributed by atoms with Gasteiger partial charge in [-0.15, -0.1) is 0 Å². The maximum absolute atomic E-state index is 9.39. The fraction of sp³-hybridized carbons (Fsp3) is 0. The number of benzene rings is 8. The molecule has 0 spiro atoms. The van der Waals surface area contributed by atoms with Gasteiger partial charge in [-0.05, 0) is 84.3 Å².